The quantitative estimate of drug-likeness (QED) is 0.389. The fourth-order valence-corrected chi connectivity index (χ4v) is 4.33. The van der Waals surface area contributed by atoms with E-state index in [0.717, 1.165) is 16.7 Å². The van der Waals surface area contributed by atoms with Crippen LogP contribution in [0.2, 0.25) is 0 Å². The molecule has 3 N–H and O–H groups in total. The molecular weight excluding hydrogens is 388 g/mol. The molecule has 0 spiro atoms. The van der Waals surface area contributed by atoms with Gasteiger partial charge in [-0.25, -0.2) is 4.79 Å². The van der Waals surface area contributed by atoms with E-state index in [1.165, 1.54) is 18.9 Å². The molecule has 2 unspecified atom stereocenters. The molecule has 0 amide bonds. The summed E-state index contributed by atoms with van der Waals surface area (Å²) < 4.78 is 10.6. The van der Waals surface area contributed by atoms with Crippen molar-refractivity contribution in [2.45, 2.75) is 36.9 Å². The zero-order valence-electron chi connectivity index (χ0n) is 16.8. The number of benzene rings is 2. The van der Waals surface area contributed by atoms with Gasteiger partial charge < -0.3 is 9.47 Å². The highest BCUT2D eigenvalue weighted by atomic mass is 32.2. The number of hydrogen-bond donors (Lipinski definition) is 2. The van der Waals surface area contributed by atoms with Gasteiger partial charge in [-0.1, -0.05) is 67.1 Å². The highest BCUT2D eigenvalue weighted by Crippen LogP contribution is 2.40. The average molecular weight is 415 g/mol. The molecule has 0 aliphatic carbocycles. The zero-order valence-corrected chi connectivity index (χ0v) is 17.6. The van der Waals surface area contributed by atoms with Gasteiger partial charge >= 0.3 is 11.9 Å². The molecule has 1 saturated heterocycles. The highest BCUT2D eigenvalue weighted by molar-refractivity contribution is 7.99. The van der Waals surface area contributed by atoms with Crippen LogP contribution in [0.5, 0.6) is 0 Å². The minimum absolute atomic E-state index is 0.154. The van der Waals surface area contributed by atoms with Crippen molar-refractivity contribution < 1.29 is 19.1 Å². The van der Waals surface area contributed by atoms with Gasteiger partial charge in [-0.15, -0.1) is 11.8 Å². The van der Waals surface area contributed by atoms with E-state index < -0.39 is 29.0 Å². The molecule has 154 valence electrons. The Morgan fingerprint density at radius 2 is 1.83 bits per heavy atom. The number of carbonyl (C=O) groups is 2. The molecule has 2 aromatic rings. The van der Waals surface area contributed by atoms with E-state index in [0.29, 0.717) is 5.75 Å². The van der Waals surface area contributed by atoms with Gasteiger partial charge in [-0.3, -0.25) is 15.8 Å². The molecule has 0 radical (unpaired) electrons. The van der Waals surface area contributed by atoms with E-state index in [-0.39, 0.29) is 6.04 Å². The number of thioether (sulfide) groups is 1. The first-order valence-electron chi connectivity index (χ1n) is 9.50. The van der Waals surface area contributed by atoms with Crippen molar-refractivity contribution in [3.05, 3.63) is 71.3 Å². The van der Waals surface area contributed by atoms with Crippen LogP contribution >= 0.6 is 11.8 Å². The minimum Gasteiger partial charge on any atom is -0.465 e. The fourth-order valence-electron chi connectivity index (χ4n) is 3.26. The van der Waals surface area contributed by atoms with Gasteiger partial charge in [0.1, 0.15) is 6.04 Å². The van der Waals surface area contributed by atoms with Gasteiger partial charge in [-0.05, 0) is 23.8 Å². The summed E-state index contributed by atoms with van der Waals surface area (Å²) in [6, 6.07) is 16.5. The van der Waals surface area contributed by atoms with E-state index in [1.54, 1.807) is 0 Å². The van der Waals surface area contributed by atoms with E-state index in [1.807, 2.05) is 68.4 Å². The summed E-state index contributed by atoms with van der Waals surface area (Å²) in [6.07, 6.45) is 0. The first kappa shape index (κ1) is 21.4. The number of ether oxygens (including phenoxy) is 2. The van der Waals surface area contributed by atoms with Crippen LogP contribution in [0.4, 0.5) is 0 Å². The highest BCUT2D eigenvalue weighted by Gasteiger charge is 2.53. The molecule has 1 aliphatic heterocycles. The Labute approximate surface area is 175 Å². The monoisotopic (exact) mass is 414 g/mol. The Morgan fingerprint density at radius 1 is 1.17 bits per heavy atom. The van der Waals surface area contributed by atoms with Crippen LogP contribution in [-0.4, -0.2) is 36.6 Å². The topological polar surface area (TPSA) is 101 Å². The lowest BCUT2D eigenvalue weighted by molar-refractivity contribution is -0.180. The minimum atomic E-state index is -1.93. The zero-order chi connectivity index (χ0) is 21.0. The molecule has 1 aliphatic rings. The van der Waals surface area contributed by atoms with Gasteiger partial charge in [0, 0.05) is 0 Å². The number of nitrogens with one attached hydrogen (secondary N) is 1. The van der Waals surface area contributed by atoms with Gasteiger partial charge in [0.05, 0.1) is 18.4 Å². The Balaban J connectivity index is 1.82. The summed E-state index contributed by atoms with van der Waals surface area (Å²) in [6.45, 7) is 3.96. The lowest BCUT2D eigenvalue weighted by Gasteiger charge is -2.33. The normalized spacial score (nSPS) is 21.0. The number of carbonyl (C=O) groups excluding carboxylic acids is 2. The maximum absolute atomic E-state index is 12.9. The Bertz CT molecular complexity index is 859. The van der Waals surface area contributed by atoms with Crippen LogP contribution in [0.15, 0.2) is 54.6 Å². The van der Waals surface area contributed by atoms with Crippen LogP contribution in [-0.2, 0) is 19.1 Å². The molecule has 0 aromatic heterocycles. The lowest BCUT2D eigenvalue weighted by atomic mass is 10.0. The summed E-state index contributed by atoms with van der Waals surface area (Å²) in [5.41, 5.74) is 7.40. The smallest absolute Gasteiger partial charge is 0.367 e. The van der Waals surface area contributed by atoms with Gasteiger partial charge in [0.2, 0.25) is 0 Å². The second kappa shape index (κ2) is 8.98. The number of rotatable bonds is 8. The van der Waals surface area contributed by atoms with E-state index >= 15 is 0 Å². The predicted octanol–water partition coefficient (Wildman–Crippen LogP) is 2.87. The molecule has 4 atom stereocenters. The van der Waals surface area contributed by atoms with Gasteiger partial charge in [0.15, 0.2) is 0 Å². The standard InChI is InChI=1S/C22H26N2O4S/c1-4-29-19(16-8-6-5-7-9-16)22(23,21(26)27-3)28-20(25)18-17(24-18)15-12-10-14(2)11-13-15/h5-13,17-19,24H,4,23H2,1-3H3/t17?,18?,19-,22-/m1/s1. The summed E-state index contributed by atoms with van der Waals surface area (Å²) in [7, 11) is 1.24. The summed E-state index contributed by atoms with van der Waals surface area (Å²) in [5, 5.41) is 2.51. The van der Waals surface area contributed by atoms with Crippen LogP contribution in [0, 0.1) is 6.92 Å². The second-order valence-electron chi connectivity index (χ2n) is 6.98. The van der Waals surface area contributed by atoms with Crippen molar-refractivity contribution in [2.24, 2.45) is 5.73 Å². The van der Waals surface area contributed by atoms with Crippen molar-refractivity contribution >= 4 is 23.7 Å². The second-order valence-corrected chi connectivity index (χ2v) is 8.37. The molecule has 7 heteroatoms. The van der Waals surface area contributed by atoms with Gasteiger partial charge in [-0.2, -0.15) is 0 Å². The maximum atomic E-state index is 12.9. The number of esters is 2. The number of aryl methyl sites for hydroxylation is 1. The molecule has 0 bridgehead atoms. The Hall–Kier alpha value is -2.35. The molecule has 3 rings (SSSR count). The van der Waals surface area contributed by atoms with E-state index in [2.05, 4.69) is 5.32 Å². The third kappa shape index (κ3) is 4.63. The third-order valence-corrected chi connectivity index (χ3v) is 6.16. The van der Waals surface area contributed by atoms with Crippen molar-refractivity contribution in [2.75, 3.05) is 12.9 Å². The van der Waals surface area contributed by atoms with E-state index in [4.69, 9.17) is 15.2 Å². The third-order valence-electron chi connectivity index (χ3n) is 4.87. The van der Waals surface area contributed by atoms with Crippen LogP contribution in [0.25, 0.3) is 0 Å². The lowest BCUT2D eigenvalue weighted by Crippen LogP contribution is -2.56. The number of nitrogens with two attached hydrogens (primary N) is 1. The average Bonchev–Trinajstić information content (AvgIpc) is 3.53. The summed E-state index contributed by atoms with van der Waals surface area (Å²) in [4.78, 5) is 25.5. The first-order chi connectivity index (χ1) is 13.9. The molecule has 6 nitrogen and oxygen atoms in total. The van der Waals surface area contributed by atoms with Crippen molar-refractivity contribution in [3.8, 4) is 0 Å². The van der Waals surface area contributed by atoms with Crippen molar-refractivity contribution in [3.63, 3.8) is 0 Å². The summed E-state index contributed by atoms with van der Waals surface area (Å²) >= 11 is 1.43. The first-order valence-corrected chi connectivity index (χ1v) is 10.5. The predicted molar refractivity (Wildman–Crippen MR) is 113 cm³/mol. The number of hydrogen-bond acceptors (Lipinski definition) is 7. The van der Waals surface area contributed by atoms with Crippen LogP contribution in [0.1, 0.15) is 34.9 Å². The summed E-state index contributed by atoms with van der Waals surface area (Å²) in [5.74, 6) is -0.671. The van der Waals surface area contributed by atoms with E-state index in [9.17, 15) is 9.59 Å². The Morgan fingerprint density at radius 3 is 2.41 bits per heavy atom. The fraction of sp³-hybridized carbons (Fsp3) is 0.364. The Kier molecular flexibility index (Phi) is 6.62. The van der Waals surface area contributed by atoms with Crippen molar-refractivity contribution in [1.29, 1.82) is 0 Å². The van der Waals surface area contributed by atoms with Crippen LogP contribution in [0.3, 0.4) is 0 Å². The SMILES string of the molecule is CCS[C@H](c1ccccc1)[C@@](N)(OC(=O)C1NC1c1ccc(C)cc1)C(=O)OC. The van der Waals surface area contributed by atoms with Gasteiger partial charge in [0.25, 0.3) is 5.72 Å². The molecule has 29 heavy (non-hydrogen) atoms. The van der Waals surface area contributed by atoms with Crippen LogP contribution < -0.4 is 11.1 Å². The molecule has 0 saturated carbocycles. The molecule has 2 aromatic carbocycles. The number of methoxy groups -OCH3 is 1. The largest absolute Gasteiger partial charge is 0.465 e. The molecule has 1 heterocycles. The van der Waals surface area contributed by atoms with Crippen molar-refractivity contribution in [1.82, 2.24) is 5.32 Å². The molecular formula is C22H26N2O4S. The molecule has 1 fully saturated rings. The maximum Gasteiger partial charge on any atom is 0.367 e.